The molecule has 0 amide bonds. The quantitative estimate of drug-likeness (QED) is 0.690. The standard InChI is InChI=1S/C10H20O2/c1-7(2)6-9-4-5-12-10(11)8(9)3/h7-11H,4-6H2,1-3H3. The molecule has 0 aromatic rings. The second kappa shape index (κ2) is 4.24. The highest BCUT2D eigenvalue weighted by molar-refractivity contribution is 4.73. The summed E-state index contributed by atoms with van der Waals surface area (Å²) in [6, 6.07) is 0. The third-order valence-electron chi connectivity index (χ3n) is 2.74. The summed E-state index contributed by atoms with van der Waals surface area (Å²) in [6.07, 6.45) is 1.79. The van der Waals surface area contributed by atoms with Crippen LogP contribution >= 0.6 is 0 Å². The van der Waals surface area contributed by atoms with E-state index in [9.17, 15) is 5.11 Å². The molecule has 0 spiro atoms. The van der Waals surface area contributed by atoms with Crippen LogP contribution in [0.3, 0.4) is 0 Å². The molecule has 0 aromatic heterocycles. The Bertz CT molecular complexity index is 134. The van der Waals surface area contributed by atoms with Crippen molar-refractivity contribution in [3.63, 3.8) is 0 Å². The summed E-state index contributed by atoms with van der Waals surface area (Å²) in [5, 5.41) is 9.44. The first-order valence-corrected chi connectivity index (χ1v) is 4.91. The molecule has 12 heavy (non-hydrogen) atoms. The molecule has 0 aromatic carbocycles. The molecule has 1 N–H and O–H groups in total. The van der Waals surface area contributed by atoms with Gasteiger partial charge in [0.05, 0.1) is 6.61 Å². The third-order valence-corrected chi connectivity index (χ3v) is 2.74. The second-order valence-electron chi connectivity index (χ2n) is 4.30. The van der Waals surface area contributed by atoms with Gasteiger partial charge in [0.2, 0.25) is 0 Å². The molecule has 0 aliphatic carbocycles. The highest BCUT2D eigenvalue weighted by Crippen LogP contribution is 2.30. The molecule has 1 rings (SSSR count). The average Bonchev–Trinajstić information content (AvgIpc) is 1.98. The van der Waals surface area contributed by atoms with Gasteiger partial charge in [-0.3, -0.25) is 0 Å². The lowest BCUT2D eigenvalue weighted by Crippen LogP contribution is -2.34. The van der Waals surface area contributed by atoms with Crippen molar-refractivity contribution < 1.29 is 9.84 Å². The van der Waals surface area contributed by atoms with Crippen LogP contribution in [0.25, 0.3) is 0 Å². The zero-order chi connectivity index (χ0) is 9.14. The molecule has 0 radical (unpaired) electrons. The summed E-state index contributed by atoms with van der Waals surface area (Å²) in [7, 11) is 0. The molecule has 3 atom stereocenters. The van der Waals surface area contributed by atoms with E-state index in [0.717, 1.165) is 18.9 Å². The molecule has 0 bridgehead atoms. The molecule has 1 heterocycles. The van der Waals surface area contributed by atoms with Crippen molar-refractivity contribution in [2.45, 2.75) is 39.9 Å². The van der Waals surface area contributed by atoms with Gasteiger partial charge in [-0.2, -0.15) is 0 Å². The van der Waals surface area contributed by atoms with Crippen LogP contribution < -0.4 is 0 Å². The number of rotatable bonds is 2. The Morgan fingerprint density at radius 1 is 1.50 bits per heavy atom. The highest BCUT2D eigenvalue weighted by Gasteiger charge is 2.29. The van der Waals surface area contributed by atoms with Gasteiger partial charge < -0.3 is 9.84 Å². The Hall–Kier alpha value is -0.0800. The summed E-state index contributed by atoms with van der Waals surface area (Å²) in [4.78, 5) is 0. The molecule has 72 valence electrons. The molecule has 1 aliphatic heterocycles. The number of hydrogen-bond acceptors (Lipinski definition) is 2. The van der Waals surface area contributed by atoms with Crippen molar-refractivity contribution >= 4 is 0 Å². The lowest BCUT2D eigenvalue weighted by Gasteiger charge is -2.33. The number of hydrogen-bond donors (Lipinski definition) is 1. The molecule has 2 nitrogen and oxygen atoms in total. The Morgan fingerprint density at radius 3 is 2.75 bits per heavy atom. The molecular formula is C10H20O2. The Labute approximate surface area is 74.9 Å². The lowest BCUT2D eigenvalue weighted by molar-refractivity contribution is -0.174. The van der Waals surface area contributed by atoms with Crippen molar-refractivity contribution in [3.8, 4) is 0 Å². The number of aliphatic hydroxyl groups excluding tert-OH is 1. The minimum absolute atomic E-state index is 0.307. The SMILES string of the molecule is CC(C)CC1CCOC(O)C1C. The van der Waals surface area contributed by atoms with Crippen LogP contribution in [0.4, 0.5) is 0 Å². The fraction of sp³-hybridized carbons (Fsp3) is 1.00. The predicted octanol–water partition coefficient (Wildman–Crippen LogP) is 2.02. The van der Waals surface area contributed by atoms with Crippen molar-refractivity contribution in [2.24, 2.45) is 17.8 Å². The topological polar surface area (TPSA) is 29.5 Å². The fourth-order valence-electron chi connectivity index (χ4n) is 1.93. The smallest absolute Gasteiger partial charge is 0.157 e. The van der Waals surface area contributed by atoms with E-state index in [0.29, 0.717) is 11.8 Å². The van der Waals surface area contributed by atoms with E-state index in [1.54, 1.807) is 0 Å². The van der Waals surface area contributed by atoms with Crippen LogP contribution in [0.15, 0.2) is 0 Å². The largest absolute Gasteiger partial charge is 0.368 e. The lowest BCUT2D eigenvalue weighted by atomic mass is 9.82. The maximum atomic E-state index is 9.44. The van der Waals surface area contributed by atoms with Gasteiger partial charge in [0, 0.05) is 5.92 Å². The van der Waals surface area contributed by atoms with Gasteiger partial charge in [0.15, 0.2) is 6.29 Å². The van der Waals surface area contributed by atoms with E-state index >= 15 is 0 Å². The predicted molar refractivity (Wildman–Crippen MR) is 48.7 cm³/mol. The third kappa shape index (κ3) is 2.46. The van der Waals surface area contributed by atoms with E-state index in [2.05, 4.69) is 20.8 Å². The molecule has 1 saturated heterocycles. The van der Waals surface area contributed by atoms with E-state index < -0.39 is 6.29 Å². The summed E-state index contributed by atoms with van der Waals surface area (Å²) in [5.41, 5.74) is 0. The van der Waals surface area contributed by atoms with Crippen LogP contribution in [-0.4, -0.2) is 18.0 Å². The van der Waals surface area contributed by atoms with Crippen molar-refractivity contribution in [2.75, 3.05) is 6.61 Å². The molecule has 3 unspecified atom stereocenters. The normalized spacial score (nSPS) is 37.2. The maximum Gasteiger partial charge on any atom is 0.157 e. The van der Waals surface area contributed by atoms with Gasteiger partial charge in [0.25, 0.3) is 0 Å². The minimum atomic E-state index is -0.525. The van der Waals surface area contributed by atoms with E-state index in [1.807, 2.05) is 0 Å². The Kier molecular flexibility index (Phi) is 3.53. The second-order valence-corrected chi connectivity index (χ2v) is 4.30. The van der Waals surface area contributed by atoms with E-state index in [-0.39, 0.29) is 0 Å². The van der Waals surface area contributed by atoms with Crippen LogP contribution in [0.5, 0.6) is 0 Å². The monoisotopic (exact) mass is 172 g/mol. The van der Waals surface area contributed by atoms with Gasteiger partial charge in [-0.15, -0.1) is 0 Å². The van der Waals surface area contributed by atoms with E-state index in [1.165, 1.54) is 6.42 Å². The van der Waals surface area contributed by atoms with Gasteiger partial charge in [0.1, 0.15) is 0 Å². The summed E-state index contributed by atoms with van der Waals surface area (Å²) < 4.78 is 5.16. The van der Waals surface area contributed by atoms with Crippen molar-refractivity contribution in [3.05, 3.63) is 0 Å². The summed E-state index contributed by atoms with van der Waals surface area (Å²) >= 11 is 0. The Morgan fingerprint density at radius 2 is 2.17 bits per heavy atom. The minimum Gasteiger partial charge on any atom is -0.368 e. The first-order valence-electron chi connectivity index (χ1n) is 4.91. The van der Waals surface area contributed by atoms with Gasteiger partial charge in [-0.05, 0) is 24.7 Å². The number of aliphatic hydroxyl groups is 1. The van der Waals surface area contributed by atoms with Gasteiger partial charge in [-0.25, -0.2) is 0 Å². The fourth-order valence-corrected chi connectivity index (χ4v) is 1.93. The van der Waals surface area contributed by atoms with Crippen LogP contribution in [0, 0.1) is 17.8 Å². The van der Waals surface area contributed by atoms with Gasteiger partial charge >= 0.3 is 0 Å². The van der Waals surface area contributed by atoms with E-state index in [4.69, 9.17) is 4.74 Å². The average molecular weight is 172 g/mol. The van der Waals surface area contributed by atoms with Gasteiger partial charge in [-0.1, -0.05) is 20.8 Å². The molecule has 2 heteroatoms. The maximum absolute atomic E-state index is 9.44. The van der Waals surface area contributed by atoms with Crippen LogP contribution in [0.2, 0.25) is 0 Å². The highest BCUT2D eigenvalue weighted by atomic mass is 16.6. The zero-order valence-electron chi connectivity index (χ0n) is 8.29. The first-order chi connectivity index (χ1) is 5.61. The summed E-state index contributed by atoms with van der Waals surface area (Å²) in [6.45, 7) is 7.27. The van der Waals surface area contributed by atoms with Crippen LogP contribution in [-0.2, 0) is 4.74 Å². The molecule has 0 saturated carbocycles. The first kappa shape index (κ1) is 10.0. The van der Waals surface area contributed by atoms with Crippen molar-refractivity contribution in [1.29, 1.82) is 0 Å². The zero-order valence-corrected chi connectivity index (χ0v) is 8.29. The van der Waals surface area contributed by atoms with Crippen molar-refractivity contribution in [1.82, 2.24) is 0 Å². The molecule has 1 fully saturated rings. The number of ether oxygens (including phenoxy) is 1. The Balaban J connectivity index is 2.41. The van der Waals surface area contributed by atoms with Crippen LogP contribution in [0.1, 0.15) is 33.6 Å². The molecule has 1 aliphatic rings. The summed E-state index contributed by atoms with van der Waals surface area (Å²) in [5.74, 6) is 1.68. The molecular weight excluding hydrogens is 152 g/mol.